The molecule has 18 heavy (non-hydrogen) atoms. The van der Waals surface area contributed by atoms with Crippen molar-refractivity contribution in [3.63, 3.8) is 0 Å². The van der Waals surface area contributed by atoms with Crippen molar-refractivity contribution in [1.29, 1.82) is 0 Å². The van der Waals surface area contributed by atoms with E-state index >= 15 is 0 Å². The second kappa shape index (κ2) is 6.98. The number of carbonyl (C=O) groups is 1. The van der Waals surface area contributed by atoms with Crippen molar-refractivity contribution in [3.05, 3.63) is 0 Å². The van der Waals surface area contributed by atoms with Gasteiger partial charge in [0, 0.05) is 0 Å². The molecule has 6 nitrogen and oxygen atoms in total. The molecule has 0 bridgehead atoms. The van der Waals surface area contributed by atoms with Crippen LogP contribution in [0.15, 0.2) is 9.98 Å². The van der Waals surface area contributed by atoms with Gasteiger partial charge in [-0.25, -0.2) is 14.8 Å². The van der Waals surface area contributed by atoms with Crippen LogP contribution in [0.25, 0.3) is 0 Å². The van der Waals surface area contributed by atoms with Gasteiger partial charge >= 0.3 is 5.97 Å². The van der Waals surface area contributed by atoms with E-state index in [0.717, 1.165) is 0 Å². The Balaban J connectivity index is 2.91. The van der Waals surface area contributed by atoms with Crippen molar-refractivity contribution >= 4 is 17.8 Å². The number of aliphatic imine (C=N–C) groups is 2. The third-order valence-electron chi connectivity index (χ3n) is 2.26. The Morgan fingerprint density at radius 3 is 2.22 bits per heavy atom. The highest BCUT2D eigenvalue weighted by Gasteiger charge is 2.33. The van der Waals surface area contributed by atoms with Gasteiger partial charge in [0.2, 0.25) is 17.8 Å². The molecule has 1 aliphatic rings. The highest BCUT2D eigenvalue weighted by molar-refractivity contribution is 6.06. The fourth-order valence-corrected chi connectivity index (χ4v) is 1.55. The molecule has 0 aromatic heterocycles. The first-order chi connectivity index (χ1) is 8.63. The lowest BCUT2D eigenvalue weighted by Gasteiger charge is -2.23. The van der Waals surface area contributed by atoms with Gasteiger partial charge in [-0.2, -0.15) is 0 Å². The van der Waals surface area contributed by atoms with Gasteiger partial charge in [-0.05, 0) is 27.7 Å². The lowest BCUT2D eigenvalue weighted by molar-refractivity contribution is -0.143. The highest BCUT2D eigenvalue weighted by Crippen LogP contribution is 2.13. The van der Waals surface area contributed by atoms with E-state index in [4.69, 9.17) is 14.2 Å². The zero-order chi connectivity index (χ0) is 13.5. The average Bonchev–Trinajstić information content (AvgIpc) is 2.33. The van der Waals surface area contributed by atoms with E-state index in [9.17, 15) is 4.79 Å². The first-order valence-corrected chi connectivity index (χ1v) is 6.21. The third-order valence-corrected chi connectivity index (χ3v) is 2.26. The fraction of sp³-hybridized carbons (Fsp3) is 0.750. The summed E-state index contributed by atoms with van der Waals surface area (Å²) in [7, 11) is 0. The summed E-state index contributed by atoms with van der Waals surface area (Å²) in [6.07, 6.45) is 0. The number of hydrogen-bond donors (Lipinski definition) is 0. The maximum atomic E-state index is 11.8. The standard InChI is InChI=1S/C12H20N2O4/c1-5-16-10-8(4)13-11(17-6-2)9(14-10)12(15)18-7-3/h8-9H,5-7H2,1-4H3. The highest BCUT2D eigenvalue weighted by atomic mass is 16.5. The molecule has 102 valence electrons. The molecule has 0 fully saturated rings. The third kappa shape index (κ3) is 3.45. The second-order valence-electron chi connectivity index (χ2n) is 3.63. The molecule has 0 spiro atoms. The molecule has 0 radical (unpaired) electrons. The zero-order valence-electron chi connectivity index (χ0n) is 11.3. The number of esters is 1. The Morgan fingerprint density at radius 1 is 1.06 bits per heavy atom. The minimum atomic E-state index is -0.845. The SMILES string of the molecule is CCOC(=O)C1N=C(OCC)C(C)N=C1OCC. The van der Waals surface area contributed by atoms with E-state index in [1.54, 1.807) is 6.92 Å². The van der Waals surface area contributed by atoms with Crippen LogP contribution in [-0.4, -0.2) is 49.7 Å². The van der Waals surface area contributed by atoms with E-state index < -0.39 is 12.0 Å². The first-order valence-electron chi connectivity index (χ1n) is 6.21. The predicted molar refractivity (Wildman–Crippen MR) is 68.0 cm³/mol. The van der Waals surface area contributed by atoms with Crippen LogP contribution in [0.4, 0.5) is 0 Å². The van der Waals surface area contributed by atoms with Crippen LogP contribution >= 0.6 is 0 Å². The monoisotopic (exact) mass is 256 g/mol. The van der Waals surface area contributed by atoms with E-state index in [1.807, 2.05) is 20.8 Å². The maximum Gasteiger partial charge on any atom is 0.340 e. The molecule has 0 saturated heterocycles. The quantitative estimate of drug-likeness (QED) is 0.708. The van der Waals surface area contributed by atoms with Gasteiger partial charge in [-0.3, -0.25) is 0 Å². The van der Waals surface area contributed by atoms with Gasteiger partial charge in [-0.1, -0.05) is 0 Å². The normalized spacial score (nSPS) is 22.9. The molecular weight excluding hydrogens is 236 g/mol. The molecule has 0 amide bonds. The van der Waals surface area contributed by atoms with Crippen molar-refractivity contribution in [2.45, 2.75) is 39.8 Å². The van der Waals surface area contributed by atoms with Crippen LogP contribution in [0.5, 0.6) is 0 Å². The molecule has 0 aromatic rings. The van der Waals surface area contributed by atoms with Crippen LogP contribution in [0.3, 0.4) is 0 Å². The van der Waals surface area contributed by atoms with Gasteiger partial charge in [0.15, 0.2) is 0 Å². The van der Waals surface area contributed by atoms with Crippen molar-refractivity contribution in [1.82, 2.24) is 0 Å². The van der Waals surface area contributed by atoms with Crippen LogP contribution < -0.4 is 0 Å². The van der Waals surface area contributed by atoms with Gasteiger partial charge in [0.05, 0.1) is 19.8 Å². The fourth-order valence-electron chi connectivity index (χ4n) is 1.55. The summed E-state index contributed by atoms with van der Waals surface area (Å²) in [4.78, 5) is 20.3. The number of carbonyl (C=O) groups excluding carboxylic acids is 1. The molecule has 0 aliphatic carbocycles. The van der Waals surface area contributed by atoms with E-state index in [1.165, 1.54) is 0 Å². The van der Waals surface area contributed by atoms with Crippen LogP contribution in [0.1, 0.15) is 27.7 Å². The molecule has 6 heteroatoms. The van der Waals surface area contributed by atoms with E-state index in [0.29, 0.717) is 31.6 Å². The Kier molecular flexibility index (Phi) is 5.61. The van der Waals surface area contributed by atoms with E-state index in [2.05, 4.69) is 9.98 Å². The number of rotatable bonds is 4. The summed E-state index contributed by atoms with van der Waals surface area (Å²) < 4.78 is 15.7. The van der Waals surface area contributed by atoms with E-state index in [-0.39, 0.29) is 6.04 Å². The van der Waals surface area contributed by atoms with Crippen LogP contribution in [0.2, 0.25) is 0 Å². The Labute approximate surface area is 107 Å². The summed E-state index contributed by atoms with van der Waals surface area (Å²) in [5.41, 5.74) is 0. The maximum absolute atomic E-state index is 11.8. The van der Waals surface area contributed by atoms with Crippen molar-refractivity contribution in [2.24, 2.45) is 9.98 Å². The first kappa shape index (κ1) is 14.5. The molecule has 2 atom stereocenters. The average molecular weight is 256 g/mol. The summed E-state index contributed by atoms with van der Waals surface area (Å²) in [5.74, 6) is 0.278. The molecule has 0 aromatic carbocycles. The molecule has 2 unspecified atom stereocenters. The minimum Gasteiger partial charge on any atom is -0.480 e. The van der Waals surface area contributed by atoms with Crippen LogP contribution in [0, 0.1) is 0 Å². The van der Waals surface area contributed by atoms with Gasteiger partial charge in [0.1, 0.15) is 6.04 Å². The van der Waals surface area contributed by atoms with Gasteiger partial charge < -0.3 is 14.2 Å². The predicted octanol–water partition coefficient (Wildman–Crippen LogP) is 1.19. The zero-order valence-corrected chi connectivity index (χ0v) is 11.3. The molecule has 1 heterocycles. The molecule has 0 saturated carbocycles. The second-order valence-corrected chi connectivity index (χ2v) is 3.63. The number of ether oxygens (including phenoxy) is 3. The minimum absolute atomic E-state index is 0.239. The van der Waals surface area contributed by atoms with Crippen molar-refractivity contribution < 1.29 is 19.0 Å². The Hall–Kier alpha value is -1.59. The van der Waals surface area contributed by atoms with Crippen molar-refractivity contribution in [3.8, 4) is 0 Å². The molecule has 0 N–H and O–H groups in total. The summed E-state index contributed by atoms with van der Waals surface area (Å²) in [6.45, 7) is 8.49. The Bertz CT molecular complexity index is 352. The summed E-state index contributed by atoms with van der Waals surface area (Å²) in [5, 5.41) is 0. The largest absolute Gasteiger partial charge is 0.480 e. The lowest BCUT2D eigenvalue weighted by atomic mass is 10.2. The summed E-state index contributed by atoms with van der Waals surface area (Å²) >= 11 is 0. The topological polar surface area (TPSA) is 69.5 Å². The van der Waals surface area contributed by atoms with Crippen LogP contribution in [-0.2, 0) is 19.0 Å². The van der Waals surface area contributed by atoms with Gasteiger partial charge in [-0.15, -0.1) is 0 Å². The van der Waals surface area contributed by atoms with Gasteiger partial charge in [0.25, 0.3) is 0 Å². The Morgan fingerprint density at radius 2 is 1.67 bits per heavy atom. The smallest absolute Gasteiger partial charge is 0.340 e. The molecule has 1 rings (SSSR count). The number of hydrogen-bond acceptors (Lipinski definition) is 6. The van der Waals surface area contributed by atoms with Crippen molar-refractivity contribution in [2.75, 3.05) is 19.8 Å². The summed E-state index contributed by atoms with van der Waals surface area (Å²) in [6, 6.07) is -1.08. The lowest BCUT2D eigenvalue weighted by Crippen LogP contribution is -2.40. The molecular formula is C12H20N2O4. The molecule has 1 aliphatic heterocycles. The number of nitrogens with zero attached hydrogens (tertiary/aromatic N) is 2.